The van der Waals surface area contributed by atoms with Crippen molar-refractivity contribution in [1.29, 1.82) is 0 Å². The number of anilines is 1. The summed E-state index contributed by atoms with van der Waals surface area (Å²) in [5.74, 6) is 2.42. The Morgan fingerprint density at radius 3 is 2.80 bits per heavy atom. The second kappa shape index (κ2) is 8.79. The van der Waals surface area contributed by atoms with Crippen LogP contribution in [0.25, 0.3) is 0 Å². The van der Waals surface area contributed by atoms with Crippen molar-refractivity contribution in [2.45, 2.75) is 44.6 Å². The first-order chi connectivity index (χ1) is 9.56. The highest BCUT2D eigenvalue weighted by molar-refractivity contribution is 7.99. The quantitative estimate of drug-likeness (QED) is 0.452. The fourth-order valence-electron chi connectivity index (χ4n) is 1.46. The summed E-state index contributed by atoms with van der Waals surface area (Å²) in [6.45, 7) is 7.15. The van der Waals surface area contributed by atoms with Gasteiger partial charge < -0.3 is 10.1 Å². The summed E-state index contributed by atoms with van der Waals surface area (Å²) in [6.07, 6.45) is 1.44. The largest absolute Gasteiger partial charge is 0.469 e. The minimum Gasteiger partial charge on any atom is -0.469 e. The topological polar surface area (TPSA) is 64.1 Å². The van der Waals surface area contributed by atoms with Gasteiger partial charge in [0.05, 0.1) is 13.5 Å². The van der Waals surface area contributed by atoms with E-state index in [1.807, 2.05) is 6.07 Å². The Balaban J connectivity index is 2.72. The molecule has 0 saturated carbocycles. The monoisotopic (exact) mass is 297 g/mol. The van der Waals surface area contributed by atoms with E-state index in [2.05, 4.69) is 40.8 Å². The summed E-state index contributed by atoms with van der Waals surface area (Å²) in [4.78, 5) is 20.1. The lowest BCUT2D eigenvalue weighted by Gasteiger charge is -2.11. The van der Waals surface area contributed by atoms with E-state index >= 15 is 0 Å². The van der Waals surface area contributed by atoms with E-state index in [1.54, 1.807) is 11.8 Å². The van der Waals surface area contributed by atoms with Gasteiger partial charge in [0, 0.05) is 24.3 Å². The normalized spacial score (nSPS) is 10.7. The van der Waals surface area contributed by atoms with Crippen molar-refractivity contribution in [2.24, 2.45) is 0 Å². The number of ether oxygens (including phenoxy) is 1. The molecule has 1 aromatic heterocycles. The number of aromatic nitrogens is 2. The van der Waals surface area contributed by atoms with Crippen molar-refractivity contribution in [3.8, 4) is 0 Å². The highest BCUT2D eigenvalue weighted by Crippen LogP contribution is 2.22. The number of hydrogen-bond donors (Lipinski definition) is 1. The number of nitrogens with one attached hydrogen (secondary N) is 1. The number of carbonyl (C=O) groups excluding carboxylic acids is 1. The molecule has 0 bridgehead atoms. The Kier molecular flexibility index (Phi) is 7.36. The third-order valence-corrected chi connectivity index (χ3v) is 3.49. The molecule has 20 heavy (non-hydrogen) atoms. The molecule has 1 heterocycles. The molecule has 0 aliphatic heterocycles. The van der Waals surface area contributed by atoms with Crippen LogP contribution in [0, 0.1) is 0 Å². The zero-order valence-electron chi connectivity index (χ0n) is 12.6. The number of nitrogens with zero attached hydrogens (tertiary/aromatic N) is 2. The molecular formula is C14H23N3O2S. The second-order valence-corrected chi connectivity index (χ2v) is 5.82. The zero-order chi connectivity index (χ0) is 15.0. The lowest BCUT2D eigenvalue weighted by atomic mass is 10.2. The van der Waals surface area contributed by atoms with Gasteiger partial charge in [-0.25, -0.2) is 9.97 Å². The number of thioether (sulfide) groups is 1. The smallest absolute Gasteiger partial charge is 0.306 e. The van der Waals surface area contributed by atoms with Crippen LogP contribution < -0.4 is 5.32 Å². The number of rotatable bonds is 8. The van der Waals surface area contributed by atoms with E-state index in [0.29, 0.717) is 12.2 Å². The number of esters is 1. The Labute approximate surface area is 124 Å². The van der Waals surface area contributed by atoms with Crippen LogP contribution in [0.15, 0.2) is 11.1 Å². The van der Waals surface area contributed by atoms with Crippen LogP contribution in [0.4, 0.5) is 5.82 Å². The van der Waals surface area contributed by atoms with Gasteiger partial charge in [-0.2, -0.15) is 0 Å². The Bertz CT molecular complexity index is 438. The van der Waals surface area contributed by atoms with E-state index in [0.717, 1.165) is 29.6 Å². The molecule has 0 aliphatic rings. The first kappa shape index (κ1) is 16.8. The van der Waals surface area contributed by atoms with Crippen LogP contribution in [0.1, 0.15) is 45.4 Å². The molecule has 0 atom stereocenters. The molecule has 1 aromatic rings. The van der Waals surface area contributed by atoms with E-state index in [9.17, 15) is 4.79 Å². The van der Waals surface area contributed by atoms with E-state index in [4.69, 9.17) is 0 Å². The van der Waals surface area contributed by atoms with E-state index < -0.39 is 0 Å². The minimum absolute atomic E-state index is 0.194. The summed E-state index contributed by atoms with van der Waals surface area (Å²) in [6, 6.07) is 1.93. The number of hydrogen-bond acceptors (Lipinski definition) is 6. The predicted molar refractivity (Wildman–Crippen MR) is 82.3 cm³/mol. The van der Waals surface area contributed by atoms with Gasteiger partial charge >= 0.3 is 5.97 Å². The third kappa shape index (κ3) is 5.77. The molecule has 0 saturated heterocycles. The first-order valence-electron chi connectivity index (χ1n) is 6.89. The fraction of sp³-hybridized carbons (Fsp3) is 0.643. The molecule has 0 aliphatic carbocycles. The van der Waals surface area contributed by atoms with Gasteiger partial charge in [-0.05, 0) is 6.42 Å². The summed E-state index contributed by atoms with van der Waals surface area (Å²) >= 11 is 1.55. The van der Waals surface area contributed by atoms with Crippen molar-refractivity contribution in [3.63, 3.8) is 0 Å². The lowest BCUT2D eigenvalue weighted by molar-refractivity contribution is -0.140. The Hall–Kier alpha value is -1.30. The van der Waals surface area contributed by atoms with Crippen molar-refractivity contribution in [2.75, 3.05) is 24.7 Å². The van der Waals surface area contributed by atoms with Gasteiger partial charge in [-0.15, -0.1) is 11.8 Å². The highest BCUT2D eigenvalue weighted by atomic mass is 32.2. The van der Waals surface area contributed by atoms with Gasteiger partial charge in [0.1, 0.15) is 16.7 Å². The van der Waals surface area contributed by atoms with Crippen LogP contribution in [0.3, 0.4) is 0 Å². The molecule has 0 amide bonds. The maximum atomic E-state index is 11.1. The molecular weight excluding hydrogens is 274 g/mol. The zero-order valence-corrected chi connectivity index (χ0v) is 13.4. The average molecular weight is 297 g/mol. The van der Waals surface area contributed by atoms with Crippen LogP contribution in [0.2, 0.25) is 0 Å². The van der Waals surface area contributed by atoms with Gasteiger partial charge in [0.2, 0.25) is 0 Å². The maximum Gasteiger partial charge on any atom is 0.306 e. The van der Waals surface area contributed by atoms with Gasteiger partial charge in [-0.1, -0.05) is 20.8 Å². The average Bonchev–Trinajstić information content (AvgIpc) is 2.44. The standard InChI is InChI=1S/C14H23N3O2S/c1-5-7-15-11-9-12(17-14(16-11)10(2)3)20-8-6-13(18)19-4/h9-10H,5-8H2,1-4H3,(H,15,16,17). The predicted octanol–water partition coefficient (Wildman–Crippen LogP) is 3.08. The second-order valence-electron chi connectivity index (χ2n) is 4.71. The molecule has 0 fully saturated rings. The number of methoxy groups -OCH3 is 1. The molecule has 0 aromatic carbocycles. The molecule has 1 rings (SSSR count). The lowest BCUT2D eigenvalue weighted by Crippen LogP contribution is -2.07. The van der Waals surface area contributed by atoms with Crippen LogP contribution in [-0.4, -0.2) is 35.3 Å². The number of carbonyl (C=O) groups is 1. The first-order valence-corrected chi connectivity index (χ1v) is 7.87. The molecule has 5 nitrogen and oxygen atoms in total. The third-order valence-electron chi connectivity index (χ3n) is 2.58. The molecule has 1 N–H and O–H groups in total. The van der Waals surface area contributed by atoms with E-state index in [1.165, 1.54) is 7.11 Å². The highest BCUT2D eigenvalue weighted by Gasteiger charge is 2.09. The molecule has 112 valence electrons. The SMILES string of the molecule is CCCNc1cc(SCCC(=O)OC)nc(C(C)C)n1. The fourth-order valence-corrected chi connectivity index (χ4v) is 2.29. The van der Waals surface area contributed by atoms with Crippen LogP contribution >= 0.6 is 11.8 Å². The molecule has 6 heteroatoms. The van der Waals surface area contributed by atoms with Crippen molar-refractivity contribution in [3.05, 3.63) is 11.9 Å². The Morgan fingerprint density at radius 2 is 2.20 bits per heavy atom. The maximum absolute atomic E-state index is 11.1. The molecule has 0 spiro atoms. The van der Waals surface area contributed by atoms with Gasteiger partial charge in [-0.3, -0.25) is 4.79 Å². The van der Waals surface area contributed by atoms with Crippen molar-refractivity contribution >= 4 is 23.5 Å². The van der Waals surface area contributed by atoms with Gasteiger partial charge in [0.15, 0.2) is 0 Å². The molecule has 0 radical (unpaired) electrons. The van der Waals surface area contributed by atoms with Crippen LogP contribution in [-0.2, 0) is 9.53 Å². The molecule has 0 unspecified atom stereocenters. The van der Waals surface area contributed by atoms with Crippen LogP contribution in [0.5, 0.6) is 0 Å². The van der Waals surface area contributed by atoms with Crippen molar-refractivity contribution < 1.29 is 9.53 Å². The summed E-state index contributed by atoms with van der Waals surface area (Å²) in [5.41, 5.74) is 0. The summed E-state index contributed by atoms with van der Waals surface area (Å²) < 4.78 is 4.63. The Morgan fingerprint density at radius 1 is 1.45 bits per heavy atom. The van der Waals surface area contributed by atoms with Gasteiger partial charge in [0.25, 0.3) is 0 Å². The minimum atomic E-state index is -0.194. The summed E-state index contributed by atoms with van der Waals surface area (Å²) in [7, 11) is 1.40. The van der Waals surface area contributed by atoms with Crippen molar-refractivity contribution in [1.82, 2.24) is 9.97 Å². The summed E-state index contributed by atoms with van der Waals surface area (Å²) in [5, 5.41) is 4.18. The van der Waals surface area contributed by atoms with E-state index in [-0.39, 0.29) is 11.9 Å².